The molecular weight excluding hydrogens is 328 g/mol. The van der Waals surface area contributed by atoms with Crippen molar-refractivity contribution in [2.24, 2.45) is 17.1 Å². The van der Waals surface area contributed by atoms with Gasteiger partial charge in [0.15, 0.2) is 0 Å². The number of rotatable bonds is 3. The minimum Gasteiger partial charge on any atom is -0.381 e. The van der Waals surface area contributed by atoms with E-state index in [1.165, 1.54) is 0 Å². The van der Waals surface area contributed by atoms with Crippen molar-refractivity contribution in [1.82, 2.24) is 4.90 Å². The van der Waals surface area contributed by atoms with Crippen molar-refractivity contribution in [1.29, 1.82) is 0 Å². The van der Waals surface area contributed by atoms with Gasteiger partial charge in [-0.15, -0.1) is 0 Å². The Morgan fingerprint density at radius 2 is 2.17 bits per heavy atom. The summed E-state index contributed by atoms with van der Waals surface area (Å²) in [5.74, 6) is -0.175. The number of carbonyl (C=O) groups is 2. The Bertz CT molecular complexity index is 676. The molecule has 2 heterocycles. The maximum atomic E-state index is 12.9. The van der Waals surface area contributed by atoms with Crippen LogP contribution in [0.4, 0.5) is 0 Å². The van der Waals surface area contributed by atoms with Crippen molar-refractivity contribution < 1.29 is 14.3 Å². The van der Waals surface area contributed by atoms with E-state index >= 15 is 0 Å². The lowest BCUT2D eigenvalue weighted by Crippen LogP contribution is -2.48. The normalized spacial score (nSPS) is 26.5. The molecule has 2 N–H and O–H groups in total. The summed E-state index contributed by atoms with van der Waals surface area (Å²) in [5.41, 5.74) is 6.57. The standard InChI is InChI=1S/C18H23ClN2O3/c1-11(2)14-4-3-12(7-15(14)19)16(22)21-8-13-9-24-6-5-18(13,10-21)17(20)23/h3-4,7,11,13H,5-6,8-10H2,1-2H3,(H2,20,23)/t13-,18+/m1/s1. The van der Waals surface area contributed by atoms with Gasteiger partial charge in [-0.25, -0.2) is 0 Å². The van der Waals surface area contributed by atoms with E-state index < -0.39 is 5.41 Å². The van der Waals surface area contributed by atoms with Gasteiger partial charge in [0, 0.05) is 36.2 Å². The number of nitrogens with zero attached hydrogens (tertiary/aromatic N) is 1. The Hall–Kier alpha value is -1.59. The van der Waals surface area contributed by atoms with Crippen molar-refractivity contribution in [2.75, 3.05) is 26.3 Å². The van der Waals surface area contributed by atoms with Crippen molar-refractivity contribution >= 4 is 23.4 Å². The molecule has 130 valence electrons. The third kappa shape index (κ3) is 2.80. The second-order valence-corrected chi connectivity index (χ2v) is 7.53. The summed E-state index contributed by atoms with van der Waals surface area (Å²) >= 11 is 6.31. The lowest BCUT2D eigenvalue weighted by molar-refractivity contribution is -0.135. The number of amides is 2. The minimum absolute atomic E-state index is 0.0295. The first-order chi connectivity index (χ1) is 11.3. The molecule has 2 aliphatic rings. The summed E-state index contributed by atoms with van der Waals surface area (Å²) in [6.45, 7) is 5.95. The Balaban J connectivity index is 1.84. The van der Waals surface area contributed by atoms with E-state index in [1.807, 2.05) is 6.07 Å². The second-order valence-electron chi connectivity index (χ2n) is 7.12. The Kier molecular flexibility index (Phi) is 4.58. The van der Waals surface area contributed by atoms with E-state index in [1.54, 1.807) is 17.0 Å². The molecule has 1 aromatic carbocycles. The predicted molar refractivity (Wildman–Crippen MR) is 92.0 cm³/mol. The summed E-state index contributed by atoms with van der Waals surface area (Å²) in [5, 5.41) is 0.598. The number of nitrogens with two attached hydrogens (primary N) is 1. The molecule has 0 unspecified atom stereocenters. The molecule has 2 atom stereocenters. The van der Waals surface area contributed by atoms with Gasteiger partial charge in [0.2, 0.25) is 5.91 Å². The predicted octanol–water partition coefficient (Wildman–Crippen LogP) is 2.43. The van der Waals surface area contributed by atoms with E-state index in [4.69, 9.17) is 22.1 Å². The maximum Gasteiger partial charge on any atom is 0.253 e. The molecule has 2 saturated heterocycles. The molecule has 0 bridgehead atoms. The molecule has 0 radical (unpaired) electrons. The monoisotopic (exact) mass is 350 g/mol. The molecular formula is C18H23ClN2O3. The first-order valence-corrected chi connectivity index (χ1v) is 8.69. The molecule has 2 fully saturated rings. The van der Waals surface area contributed by atoms with Crippen LogP contribution in [0, 0.1) is 11.3 Å². The zero-order chi connectivity index (χ0) is 17.5. The summed E-state index contributed by atoms with van der Waals surface area (Å²) in [6, 6.07) is 5.42. The van der Waals surface area contributed by atoms with Gasteiger partial charge in [-0.05, 0) is 30.0 Å². The van der Waals surface area contributed by atoms with E-state index in [-0.39, 0.29) is 17.7 Å². The van der Waals surface area contributed by atoms with Gasteiger partial charge in [-0.1, -0.05) is 31.5 Å². The zero-order valence-electron chi connectivity index (χ0n) is 14.0. The number of halogens is 1. The molecule has 0 aromatic heterocycles. The van der Waals surface area contributed by atoms with E-state index in [0.29, 0.717) is 49.2 Å². The van der Waals surface area contributed by atoms with Gasteiger partial charge in [0.25, 0.3) is 5.91 Å². The number of hydrogen-bond acceptors (Lipinski definition) is 3. The fraction of sp³-hybridized carbons (Fsp3) is 0.556. The van der Waals surface area contributed by atoms with Gasteiger partial charge in [0.05, 0.1) is 12.0 Å². The molecule has 2 aliphatic heterocycles. The summed E-state index contributed by atoms with van der Waals surface area (Å²) < 4.78 is 5.49. The van der Waals surface area contributed by atoms with Gasteiger partial charge >= 0.3 is 0 Å². The van der Waals surface area contributed by atoms with Crippen molar-refractivity contribution in [3.63, 3.8) is 0 Å². The van der Waals surface area contributed by atoms with Gasteiger partial charge < -0.3 is 15.4 Å². The number of hydrogen-bond donors (Lipinski definition) is 1. The van der Waals surface area contributed by atoms with Crippen LogP contribution >= 0.6 is 11.6 Å². The lowest BCUT2D eigenvalue weighted by atomic mass is 9.74. The number of ether oxygens (including phenoxy) is 1. The summed E-state index contributed by atoms with van der Waals surface area (Å²) in [6.07, 6.45) is 0.573. The highest BCUT2D eigenvalue weighted by atomic mass is 35.5. The molecule has 6 heteroatoms. The van der Waals surface area contributed by atoms with Crippen LogP contribution in [0.25, 0.3) is 0 Å². The smallest absolute Gasteiger partial charge is 0.253 e. The summed E-state index contributed by atoms with van der Waals surface area (Å²) in [7, 11) is 0. The zero-order valence-corrected chi connectivity index (χ0v) is 14.8. The average Bonchev–Trinajstić information content (AvgIpc) is 2.94. The van der Waals surface area contributed by atoms with E-state index in [2.05, 4.69) is 13.8 Å². The van der Waals surface area contributed by atoms with E-state index in [0.717, 1.165) is 5.56 Å². The average molecular weight is 351 g/mol. The highest BCUT2D eigenvalue weighted by Crippen LogP contribution is 2.42. The van der Waals surface area contributed by atoms with Crippen molar-refractivity contribution in [3.8, 4) is 0 Å². The molecule has 3 rings (SSSR count). The van der Waals surface area contributed by atoms with Crippen LogP contribution in [0.5, 0.6) is 0 Å². The third-order valence-corrected chi connectivity index (χ3v) is 5.68. The van der Waals surface area contributed by atoms with Crippen LogP contribution in [-0.2, 0) is 9.53 Å². The molecule has 1 aromatic rings. The SMILES string of the molecule is CC(C)c1ccc(C(=O)N2C[C@@H]3COCC[C@]3(C(N)=O)C2)cc1Cl. The molecule has 5 nitrogen and oxygen atoms in total. The molecule has 0 saturated carbocycles. The molecule has 24 heavy (non-hydrogen) atoms. The van der Waals surface area contributed by atoms with Gasteiger partial charge in [-0.2, -0.15) is 0 Å². The van der Waals surface area contributed by atoms with Crippen LogP contribution in [0.2, 0.25) is 5.02 Å². The van der Waals surface area contributed by atoms with Gasteiger partial charge in [0.1, 0.15) is 0 Å². The van der Waals surface area contributed by atoms with Gasteiger partial charge in [-0.3, -0.25) is 9.59 Å². The fourth-order valence-corrected chi connectivity index (χ4v) is 4.22. The maximum absolute atomic E-state index is 12.9. The number of carbonyl (C=O) groups excluding carboxylic acids is 2. The quantitative estimate of drug-likeness (QED) is 0.909. The summed E-state index contributed by atoms with van der Waals surface area (Å²) in [4.78, 5) is 26.6. The second kappa shape index (κ2) is 6.37. The Labute approximate surface area is 147 Å². The van der Waals surface area contributed by atoms with Crippen LogP contribution in [0.15, 0.2) is 18.2 Å². The highest BCUT2D eigenvalue weighted by Gasteiger charge is 2.53. The van der Waals surface area contributed by atoms with Crippen LogP contribution < -0.4 is 5.73 Å². The number of fused-ring (bicyclic) bond motifs is 1. The topological polar surface area (TPSA) is 72.6 Å². The minimum atomic E-state index is -0.657. The highest BCUT2D eigenvalue weighted by molar-refractivity contribution is 6.31. The van der Waals surface area contributed by atoms with Crippen LogP contribution in [-0.4, -0.2) is 43.0 Å². The first kappa shape index (κ1) is 17.2. The number of likely N-dealkylation sites (tertiary alicyclic amines) is 1. The molecule has 2 amide bonds. The van der Waals surface area contributed by atoms with Crippen molar-refractivity contribution in [3.05, 3.63) is 34.3 Å². The molecule has 0 spiro atoms. The van der Waals surface area contributed by atoms with Crippen LogP contribution in [0.1, 0.15) is 42.1 Å². The Morgan fingerprint density at radius 3 is 2.75 bits per heavy atom. The van der Waals surface area contributed by atoms with E-state index in [9.17, 15) is 9.59 Å². The van der Waals surface area contributed by atoms with Crippen molar-refractivity contribution in [2.45, 2.75) is 26.2 Å². The Morgan fingerprint density at radius 1 is 1.42 bits per heavy atom. The third-order valence-electron chi connectivity index (χ3n) is 5.35. The number of primary amides is 1. The first-order valence-electron chi connectivity index (χ1n) is 8.31. The molecule has 0 aliphatic carbocycles. The number of benzene rings is 1. The largest absolute Gasteiger partial charge is 0.381 e. The lowest BCUT2D eigenvalue weighted by Gasteiger charge is -2.34. The fourth-order valence-electron chi connectivity index (χ4n) is 3.82. The van der Waals surface area contributed by atoms with Crippen LogP contribution in [0.3, 0.4) is 0 Å².